The highest BCUT2D eigenvalue weighted by molar-refractivity contribution is 4.86. The maximum atomic E-state index is 2.69. The second-order valence-electron chi connectivity index (χ2n) is 4.75. The first-order valence-electron chi connectivity index (χ1n) is 5.92. The molecule has 0 aromatic rings. The lowest BCUT2D eigenvalue weighted by molar-refractivity contribution is 0.199. The molecule has 1 nitrogen and oxygen atoms in total. The molecule has 78 valence electrons. The van der Waals surface area contributed by atoms with Crippen molar-refractivity contribution in [1.29, 1.82) is 0 Å². The van der Waals surface area contributed by atoms with Crippen molar-refractivity contribution in [3.63, 3.8) is 0 Å². The van der Waals surface area contributed by atoms with Gasteiger partial charge in [0.2, 0.25) is 0 Å². The van der Waals surface area contributed by atoms with Gasteiger partial charge in [-0.1, -0.05) is 26.7 Å². The van der Waals surface area contributed by atoms with E-state index < -0.39 is 0 Å². The van der Waals surface area contributed by atoms with E-state index in [-0.39, 0.29) is 0 Å². The molecule has 1 heterocycles. The molecule has 0 aromatic heterocycles. The molecule has 1 fully saturated rings. The summed E-state index contributed by atoms with van der Waals surface area (Å²) in [5.41, 5.74) is 0. The average molecular weight is 183 g/mol. The number of likely N-dealkylation sites (tertiary alicyclic amines) is 1. The molecule has 0 spiro atoms. The van der Waals surface area contributed by atoms with Crippen molar-refractivity contribution >= 4 is 0 Å². The monoisotopic (exact) mass is 183 g/mol. The molecule has 1 aliphatic heterocycles. The Morgan fingerprint density at radius 2 is 1.85 bits per heavy atom. The first-order valence-corrected chi connectivity index (χ1v) is 5.92. The summed E-state index contributed by atoms with van der Waals surface area (Å²) >= 11 is 0. The van der Waals surface area contributed by atoms with Crippen molar-refractivity contribution in [2.45, 2.75) is 65.5 Å². The topological polar surface area (TPSA) is 3.24 Å². The summed E-state index contributed by atoms with van der Waals surface area (Å²) in [5, 5.41) is 0. The van der Waals surface area contributed by atoms with E-state index in [0.29, 0.717) is 0 Å². The summed E-state index contributed by atoms with van der Waals surface area (Å²) in [4.78, 5) is 2.69. The molecule has 0 amide bonds. The molecule has 0 radical (unpaired) electrons. The number of nitrogens with zero attached hydrogens (tertiary/aromatic N) is 1. The van der Waals surface area contributed by atoms with Gasteiger partial charge in [-0.25, -0.2) is 0 Å². The van der Waals surface area contributed by atoms with Gasteiger partial charge in [0, 0.05) is 12.1 Å². The van der Waals surface area contributed by atoms with Gasteiger partial charge in [0.05, 0.1) is 0 Å². The summed E-state index contributed by atoms with van der Waals surface area (Å²) in [7, 11) is 0. The number of unbranched alkanes of at least 4 members (excludes halogenated alkanes) is 2. The van der Waals surface area contributed by atoms with Gasteiger partial charge in [0.15, 0.2) is 0 Å². The molecule has 0 aliphatic carbocycles. The van der Waals surface area contributed by atoms with E-state index in [1.807, 2.05) is 0 Å². The van der Waals surface area contributed by atoms with Gasteiger partial charge in [-0.05, 0) is 39.2 Å². The lowest BCUT2D eigenvalue weighted by Crippen LogP contribution is -2.34. The number of rotatable bonds is 4. The zero-order valence-corrected chi connectivity index (χ0v) is 9.71. The van der Waals surface area contributed by atoms with Crippen molar-refractivity contribution in [3.8, 4) is 0 Å². The van der Waals surface area contributed by atoms with Crippen LogP contribution >= 0.6 is 0 Å². The first-order chi connectivity index (χ1) is 6.16. The Bertz CT molecular complexity index is 144. The predicted octanol–water partition coefficient (Wildman–Crippen LogP) is 3.30. The second kappa shape index (κ2) is 4.99. The van der Waals surface area contributed by atoms with Crippen LogP contribution in [-0.2, 0) is 0 Å². The fourth-order valence-electron chi connectivity index (χ4n) is 2.57. The van der Waals surface area contributed by atoms with Crippen LogP contribution in [0.1, 0.15) is 53.4 Å². The van der Waals surface area contributed by atoms with Gasteiger partial charge in [0.1, 0.15) is 0 Å². The third-order valence-corrected chi connectivity index (χ3v) is 3.65. The molecule has 0 bridgehead atoms. The minimum absolute atomic E-state index is 0.812. The van der Waals surface area contributed by atoms with Gasteiger partial charge >= 0.3 is 0 Å². The molecular formula is C12H25N. The van der Waals surface area contributed by atoms with Gasteiger partial charge in [-0.15, -0.1) is 0 Å². The molecule has 1 rings (SSSR count). The van der Waals surface area contributed by atoms with E-state index in [2.05, 4.69) is 32.6 Å². The normalized spacial score (nSPS) is 35.5. The Hall–Kier alpha value is -0.0400. The van der Waals surface area contributed by atoms with E-state index in [1.54, 1.807) is 0 Å². The maximum absolute atomic E-state index is 2.69. The van der Waals surface area contributed by atoms with Crippen LogP contribution in [-0.4, -0.2) is 23.5 Å². The zero-order valence-electron chi connectivity index (χ0n) is 9.71. The van der Waals surface area contributed by atoms with Gasteiger partial charge < -0.3 is 0 Å². The third-order valence-electron chi connectivity index (χ3n) is 3.65. The molecule has 1 heteroatoms. The van der Waals surface area contributed by atoms with Crippen LogP contribution in [0, 0.1) is 5.92 Å². The number of hydrogen-bond donors (Lipinski definition) is 0. The molecule has 3 atom stereocenters. The van der Waals surface area contributed by atoms with Crippen LogP contribution in [0.3, 0.4) is 0 Å². The maximum Gasteiger partial charge on any atom is 0.00959 e. The molecule has 0 N–H and O–H groups in total. The highest BCUT2D eigenvalue weighted by atomic mass is 15.2. The Labute approximate surface area is 83.5 Å². The summed E-state index contributed by atoms with van der Waals surface area (Å²) < 4.78 is 0. The van der Waals surface area contributed by atoms with Gasteiger partial charge in [0.25, 0.3) is 0 Å². The molecule has 1 saturated heterocycles. The van der Waals surface area contributed by atoms with E-state index in [0.717, 1.165) is 18.0 Å². The van der Waals surface area contributed by atoms with E-state index in [4.69, 9.17) is 0 Å². The molecule has 13 heavy (non-hydrogen) atoms. The van der Waals surface area contributed by atoms with Gasteiger partial charge in [-0.2, -0.15) is 0 Å². The Morgan fingerprint density at radius 3 is 2.31 bits per heavy atom. The highest BCUT2D eigenvalue weighted by Crippen LogP contribution is 2.29. The molecule has 0 aromatic carbocycles. The van der Waals surface area contributed by atoms with E-state index in [1.165, 1.54) is 32.2 Å². The SMILES string of the molecule is CCCCCN1C(C)CC(C)C1C. The Kier molecular flexibility index (Phi) is 4.24. The summed E-state index contributed by atoms with van der Waals surface area (Å²) in [6, 6.07) is 1.63. The van der Waals surface area contributed by atoms with E-state index >= 15 is 0 Å². The summed E-state index contributed by atoms with van der Waals surface area (Å²) in [6.45, 7) is 10.8. The molecule has 1 aliphatic rings. The minimum atomic E-state index is 0.812. The first kappa shape index (κ1) is 11.0. The van der Waals surface area contributed by atoms with Crippen molar-refractivity contribution in [1.82, 2.24) is 4.90 Å². The largest absolute Gasteiger partial charge is 0.298 e. The molecular weight excluding hydrogens is 158 g/mol. The Balaban J connectivity index is 2.31. The average Bonchev–Trinajstić information content (AvgIpc) is 2.32. The second-order valence-corrected chi connectivity index (χ2v) is 4.75. The van der Waals surface area contributed by atoms with Crippen molar-refractivity contribution in [2.24, 2.45) is 5.92 Å². The standard InChI is InChI=1S/C12H25N/c1-5-6-7-8-13-11(3)9-10(2)12(13)4/h10-12H,5-9H2,1-4H3. The fraction of sp³-hybridized carbons (Fsp3) is 1.00. The fourth-order valence-corrected chi connectivity index (χ4v) is 2.57. The quantitative estimate of drug-likeness (QED) is 0.604. The Morgan fingerprint density at radius 1 is 1.15 bits per heavy atom. The molecule has 0 saturated carbocycles. The van der Waals surface area contributed by atoms with Crippen LogP contribution in [0.25, 0.3) is 0 Å². The van der Waals surface area contributed by atoms with E-state index in [9.17, 15) is 0 Å². The highest BCUT2D eigenvalue weighted by Gasteiger charge is 2.32. The van der Waals surface area contributed by atoms with Crippen LogP contribution in [0.15, 0.2) is 0 Å². The smallest absolute Gasteiger partial charge is 0.00959 e. The third kappa shape index (κ3) is 2.70. The van der Waals surface area contributed by atoms with Crippen LogP contribution < -0.4 is 0 Å². The lowest BCUT2D eigenvalue weighted by atomic mass is 10.0. The van der Waals surface area contributed by atoms with Crippen LogP contribution in [0.4, 0.5) is 0 Å². The minimum Gasteiger partial charge on any atom is -0.298 e. The lowest BCUT2D eigenvalue weighted by Gasteiger charge is -2.26. The summed E-state index contributed by atoms with van der Waals surface area (Å²) in [6.07, 6.45) is 5.52. The number of hydrogen-bond acceptors (Lipinski definition) is 1. The van der Waals surface area contributed by atoms with Crippen LogP contribution in [0.2, 0.25) is 0 Å². The van der Waals surface area contributed by atoms with Crippen molar-refractivity contribution < 1.29 is 0 Å². The molecule has 3 unspecified atom stereocenters. The summed E-state index contributed by atoms with van der Waals surface area (Å²) in [5.74, 6) is 0.900. The van der Waals surface area contributed by atoms with Crippen molar-refractivity contribution in [2.75, 3.05) is 6.54 Å². The zero-order chi connectivity index (χ0) is 9.84. The van der Waals surface area contributed by atoms with Gasteiger partial charge in [-0.3, -0.25) is 4.90 Å². The predicted molar refractivity (Wildman–Crippen MR) is 58.9 cm³/mol. The van der Waals surface area contributed by atoms with Crippen LogP contribution in [0.5, 0.6) is 0 Å². The van der Waals surface area contributed by atoms with Crippen molar-refractivity contribution in [3.05, 3.63) is 0 Å².